The molecule has 0 spiro atoms. The first-order valence-corrected chi connectivity index (χ1v) is 3.93. The molecule has 1 heterocycles. The van der Waals surface area contributed by atoms with Crippen LogP contribution in [0.3, 0.4) is 0 Å². The quantitative estimate of drug-likeness (QED) is 0.564. The number of hydrogen-bond acceptors (Lipinski definition) is 1. The Kier molecular flexibility index (Phi) is 2.12. The van der Waals surface area contributed by atoms with Gasteiger partial charge in [-0.25, -0.2) is 0 Å². The molecule has 1 aliphatic heterocycles. The molecule has 0 amide bonds. The van der Waals surface area contributed by atoms with E-state index in [1.54, 1.807) is 0 Å². The van der Waals surface area contributed by atoms with Gasteiger partial charge < -0.3 is 5.32 Å². The molecule has 1 N–H and O–H groups in total. The summed E-state index contributed by atoms with van der Waals surface area (Å²) in [7, 11) is 0. The monoisotopic (exact) mass is 127 g/mol. The summed E-state index contributed by atoms with van der Waals surface area (Å²) in [5.41, 5.74) is 0. The smallest absolute Gasteiger partial charge is 0.00420 e. The van der Waals surface area contributed by atoms with E-state index in [2.05, 4.69) is 26.1 Å². The molecule has 0 radical (unpaired) electrons. The van der Waals surface area contributed by atoms with Gasteiger partial charge in [-0.05, 0) is 31.7 Å². The molecule has 0 unspecified atom stereocenters. The molecule has 1 saturated heterocycles. The number of nitrogens with one attached hydrogen (secondary N) is 1. The fraction of sp³-hybridized carbons (Fsp3) is 1.00. The maximum absolute atomic E-state index is 3.45. The van der Waals surface area contributed by atoms with Crippen molar-refractivity contribution < 1.29 is 0 Å². The summed E-state index contributed by atoms with van der Waals surface area (Å²) in [5, 5.41) is 3.45. The maximum Gasteiger partial charge on any atom is 0.00420 e. The van der Waals surface area contributed by atoms with Crippen LogP contribution in [0.5, 0.6) is 0 Å². The molecule has 1 nitrogen and oxygen atoms in total. The lowest BCUT2D eigenvalue weighted by Gasteiger charge is -2.11. The van der Waals surface area contributed by atoms with Crippen LogP contribution >= 0.6 is 0 Å². The molecule has 0 aromatic carbocycles. The Morgan fingerprint density at radius 1 is 1.44 bits per heavy atom. The average Bonchev–Trinajstić information content (AvgIpc) is 2.14. The standard InChI is InChI=1S/C8H17N/c1-6(2)8-4-7(3)9-5-8/h6-9H,4-5H2,1-3H3/t7-,8+/m1/s1. The Balaban J connectivity index is 2.30. The van der Waals surface area contributed by atoms with Crippen LogP contribution in [-0.4, -0.2) is 12.6 Å². The highest BCUT2D eigenvalue weighted by Crippen LogP contribution is 2.20. The van der Waals surface area contributed by atoms with E-state index in [-0.39, 0.29) is 0 Å². The molecule has 1 heteroatoms. The van der Waals surface area contributed by atoms with Crippen LogP contribution in [0.25, 0.3) is 0 Å². The molecule has 0 aromatic rings. The Labute approximate surface area is 57.8 Å². The fourth-order valence-electron chi connectivity index (χ4n) is 1.48. The molecule has 2 atom stereocenters. The van der Waals surface area contributed by atoms with Gasteiger partial charge in [0.2, 0.25) is 0 Å². The predicted molar refractivity (Wildman–Crippen MR) is 40.4 cm³/mol. The maximum atomic E-state index is 3.45. The topological polar surface area (TPSA) is 12.0 Å². The molecule has 0 bridgehead atoms. The predicted octanol–water partition coefficient (Wildman–Crippen LogP) is 1.64. The Hall–Kier alpha value is -0.0400. The van der Waals surface area contributed by atoms with Crippen LogP contribution in [0.1, 0.15) is 27.2 Å². The fourth-order valence-corrected chi connectivity index (χ4v) is 1.48. The van der Waals surface area contributed by atoms with Crippen LogP contribution in [0.15, 0.2) is 0 Å². The summed E-state index contributed by atoms with van der Waals surface area (Å²) in [6.45, 7) is 8.12. The van der Waals surface area contributed by atoms with E-state index in [0.29, 0.717) is 0 Å². The van der Waals surface area contributed by atoms with E-state index in [1.807, 2.05) is 0 Å². The van der Waals surface area contributed by atoms with Crippen molar-refractivity contribution in [3.63, 3.8) is 0 Å². The lowest BCUT2D eigenvalue weighted by Crippen LogP contribution is -2.17. The van der Waals surface area contributed by atoms with Gasteiger partial charge in [0.05, 0.1) is 0 Å². The zero-order chi connectivity index (χ0) is 6.85. The van der Waals surface area contributed by atoms with Crippen LogP contribution in [0.4, 0.5) is 0 Å². The molecule has 54 valence electrons. The minimum atomic E-state index is 0.761. The Morgan fingerprint density at radius 2 is 2.11 bits per heavy atom. The van der Waals surface area contributed by atoms with Crippen molar-refractivity contribution in [2.45, 2.75) is 33.2 Å². The van der Waals surface area contributed by atoms with E-state index >= 15 is 0 Å². The minimum Gasteiger partial charge on any atom is -0.314 e. The molecule has 9 heavy (non-hydrogen) atoms. The van der Waals surface area contributed by atoms with Gasteiger partial charge in [-0.1, -0.05) is 13.8 Å². The summed E-state index contributed by atoms with van der Waals surface area (Å²) in [6.07, 6.45) is 1.37. The van der Waals surface area contributed by atoms with Gasteiger partial charge in [0, 0.05) is 6.04 Å². The third-order valence-electron chi connectivity index (χ3n) is 2.33. The van der Waals surface area contributed by atoms with Crippen molar-refractivity contribution in [2.24, 2.45) is 11.8 Å². The van der Waals surface area contributed by atoms with Gasteiger partial charge >= 0.3 is 0 Å². The summed E-state index contributed by atoms with van der Waals surface area (Å²) >= 11 is 0. The second-order valence-electron chi connectivity index (χ2n) is 3.55. The number of rotatable bonds is 1. The Morgan fingerprint density at radius 3 is 2.33 bits per heavy atom. The zero-order valence-electron chi connectivity index (χ0n) is 6.65. The van der Waals surface area contributed by atoms with Crippen molar-refractivity contribution >= 4 is 0 Å². The first-order chi connectivity index (χ1) is 4.20. The van der Waals surface area contributed by atoms with E-state index in [9.17, 15) is 0 Å². The summed E-state index contributed by atoms with van der Waals surface area (Å²) in [4.78, 5) is 0. The Bertz CT molecular complexity index is 88.6. The normalized spacial score (nSPS) is 36.0. The van der Waals surface area contributed by atoms with E-state index < -0.39 is 0 Å². The van der Waals surface area contributed by atoms with Crippen LogP contribution in [-0.2, 0) is 0 Å². The first-order valence-electron chi connectivity index (χ1n) is 3.93. The second-order valence-corrected chi connectivity index (χ2v) is 3.55. The minimum absolute atomic E-state index is 0.761. The highest BCUT2D eigenvalue weighted by molar-refractivity contribution is 4.79. The lowest BCUT2D eigenvalue weighted by atomic mass is 9.94. The largest absolute Gasteiger partial charge is 0.314 e. The van der Waals surface area contributed by atoms with Gasteiger partial charge in [0.15, 0.2) is 0 Å². The van der Waals surface area contributed by atoms with Crippen molar-refractivity contribution in [2.75, 3.05) is 6.54 Å². The summed E-state index contributed by atoms with van der Waals surface area (Å²) in [6, 6.07) is 0.761. The molecular formula is C8H17N. The van der Waals surface area contributed by atoms with Crippen molar-refractivity contribution in [3.05, 3.63) is 0 Å². The van der Waals surface area contributed by atoms with Gasteiger partial charge in [0.1, 0.15) is 0 Å². The SMILES string of the molecule is CC(C)[C@@H]1CN[C@H](C)C1. The third kappa shape index (κ3) is 1.68. The third-order valence-corrected chi connectivity index (χ3v) is 2.33. The van der Waals surface area contributed by atoms with E-state index in [4.69, 9.17) is 0 Å². The van der Waals surface area contributed by atoms with Crippen molar-refractivity contribution in [3.8, 4) is 0 Å². The van der Waals surface area contributed by atoms with Crippen molar-refractivity contribution in [1.82, 2.24) is 5.32 Å². The summed E-state index contributed by atoms with van der Waals surface area (Å²) < 4.78 is 0. The lowest BCUT2D eigenvalue weighted by molar-refractivity contribution is 0.413. The highest BCUT2D eigenvalue weighted by Gasteiger charge is 2.22. The van der Waals surface area contributed by atoms with Crippen molar-refractivity contribution in [1.29, 1.82) is 0 Å². The summed E-state index contributed by atoms with van der Waals surface area (Å²) in [5.74, 6) is 1.79. The number of hydrogen-bond donors (Lipinski definition) is 1. The molecule has 0 aromatic heterocycles. The second kappa shape index (κ2) is 2.70. The first kappa shape index (κ1) is 7.07. The molecule has 0 saturated carbocycles. The highest BCUT2D eigenvalue weighted by atomic mass is 14.9. The molecule has 0 aliphatic carbocycles. The van der Waals surface area contributed by atoms with Gasteiger partial charge in [0.25, 0.3) is 0 Å². The van der Waals surface area contributed by atoms with Crippen LogP contribution < -0.4 is 5.32 Å². The zero-order valence-corrected chi connectivity index (χ0v) is 6.65. The van der Waals surface area contributed by atoms with Gasteiger partial charge in [-0.3, -0.25) is 0 Å². The average molecular weight is 127 g/mol. The van der Waals surface area contributed by atoms with Gasteiger partial charge in [-0.2, -0.15) is 0 Å². The van der Waals surface area contributed by atoms with E-state index in [1.165, 1.54) is 13.0 Å². The molecule has 1 aliphatic rings. The van der Waals surface area contributed by atoms with E-state index in [0.717, 1.165) is 17.9 Å². The molecular weight excluding hydrogens is 110 g/mol. The van der Waals surface area contributed by atoms with Crippen LogP contribution in [0.2, 0.25) is 0 Å². The van der Waals surface area contributed by atoms with Crippen LogP contribution in [0, 0.1) is 11.8 Å². The molecule has 1 rings (SSSR count). The van der Waals surface area contributed by atoms with Gasteiger partial charge in [-0.15, -0.1) is 0 Å². The molecule has 1 fully saturated rings.